The van der Waals surface area contributed by atoms with Crippen molar-refractivity contribution in [2.45, 2.75) is 92.4 Å². The molecule has 8 nitrogen and oxygen atoms in total. The van der Waals surface area contributed by atoms with E-state index in [0.29, 0.717) is 17.0 Å². The van der Waals surface area contributed by atoms with Crippen molar-refractivity contribution in [3.05, 3.63) is 87.5 Å². The number of aryl methyl sites for hydroxylation is 4. The number of rotatable bonds is 6. The van der Waals surface area contributed by atoms with E-state index in [1.165, 1.54) is 22.8 Å². The third-order valence-corrected chi connectivity index (χ3v) is 11.1. The Balaban J connectivity index is 1.90. The molecule has 3 aromatic rings. The summed E-state index contributed by atoms with van der Waals surface area (Å²) < 4.78 is 0. The van der Waals surface area contributed by atoms with Crippen molar-refractivity contribution in [2.75, 3.05) is 0 Å². The van der Waals surface area contributed by atoms with Crippen molar-refractivity contribution in [2.24, 2.45) is 10.8 Å². The number of nitrogens with zero attached hydrogens (tertiary/aromatic N) is 6. The fraction of sp³-hybridized carbons (Fsp3) is 0.381. The number of allylic oxidation sites excluding steroid dienone is 6. The van der Waals surface area contributed by atoms with Crippen LogP contribution in [0.15, 0.2) is 42.5 Å². The summed E-state index contributed by atoms with van der Waals surface area (Å²) in [5, 5.41) is 42.8. The fourth-order valence-corrected chi connectivity index (χ4v) is 8.77. The van der Waals surface area contributed by atoms with Crippen LogP contribution in [0.3, 0.4) is 0 Å². The summed E-state index contributed by atoms with van der Waals surface area (Å²) in [5.74, 6) is 0. The molecule has 50 heavy (non-hydrogen) atoms. The van der Waals surface area contributed by atoms with Crippen molar-refractivity contribution in [3.8, 4) is 24.3 Å². The number of hydrogen-bond donors (Lipinski definition) is 2. The van der Waals surface area contributed by atoms with E-state index in [0.717, 1.165) is 88.7 Å². The number of H-pyrrole nitrogens is 2. The van der Waals surface area contributed by atoms with E-state index in [-0.39, 0.29) is 0 Å². The van der Waals surface area contributed by atoms with Crippen molar-refractivity contribution in [1.29, 1.82) is 21.0 Å². The SMILES string of the molecule is C/C=C1/c2cc3[nH]c(cc4nc(cc5[nH]c(cc(n2)C12C=CC(C#N)(C#N)C2(C#N)C#N)c(CC)c5CC)C(CC)=C4CC)c(CC)c3CC. The molecule has 0 saturated carbocycles. The number of hydrogen-bond acceptors (Lipinski definition) is 6. The zero-order valence-electron chi connectivity index (χ0n) is 30.0. The third kappa shape index (κ3) is 4.32. The largest absolute Gasteiger partial charge is 0.355 e. The maximum Gasteiger partial charge on any atom is 0.197 e. The van der Waals surface area contributed by atoms with Gasteiger partial charge in [0, 0.05) is 22.1 Å². The van der Waals surface area contributed by atoms with Crippen LogP contribution < -0.4 is 0 Å². The smallest absolute Gasteiger partial charge is 0.197 e. The molecular formula is C42H42N8. The van der Waals surface area contributed by atoms with Crippen LogP contribution in [-0.4, -0.2) is 19.9 Å². The highest BCUT2D eigenvalue weighted by atomic mass is 14.9. The lowest BCUT2D eigenvalue weighted by atomic mass is 9.54. The van der Waals surface area contributed by atoms with Gasteiger partial charge in [-0.1, -0.05) is 59.8 Å². The van der Waals surface area contributed by atoms with Gasteiger partial charge in [-0.3, -0.25) is 4.98 Å². The Morgan fingerprint density at radius 2 is 1.02 bits per heavy atom. The van der Waals surface area contributed by atoms with E-state index < -0.39 is 16.2 Å². The molecule has 1 spiro atoms. The first kappa shape index (κ1) is 34.2. The minimum Gasteiger partial charge on any atom is -0.355 e. The van der Waals surface area contributed by atoms with Gasteiger partial charge in [-0.2, -0.15) is 21.0 Å². The van der Waals surface area contributed by atoms with Crippen molar-refractivity contribution in [3.63, 3.8) is 0 Å². The maximum atomic E-state index is 10.9. The first-order valence-corrected chi connectivity index (χ1v) is 17.7. The summed E-state index contributed by atoms with van der Waals surface area (Å²) in [7, 11) is 0. The average molecular weight is 659 g/mol. The summed E-state index contributed by atoms with van der Waals surface area (Å²) in [4.78, 5) is 17.9. The molecule has 1 atom stereocenters. The molecule has 0 amide bonds. The molecular weight excluding hydrogens is 617 g/mol. The molecule has 2 N–H and O–H groups in total. The van der Waals surface area contributed by atoms with E-state index >= 15 is 0 Å². The van der Waals surface area contributed by atoms with Gasteiger partial charge in [-0.05, 0) is 109 Å². The highest BCUT2D eigenvalue weighted by Crippen LogP contribution is 2.65. The second-order valence-electron chi connectivity index (χ2n) is 13.1. The van der Waals surface area contributed by atoms with E-state index in [1.807, 2.05) is 25.1 Å². The zero-order chi connectivity index (χ0) is 36.0. The van der Waals surface area contributed by atoms with Gasteiger partial charge in [-0.15, -0.1) is 0 Å². The molecule has 2 aliphatic heterocycles. The molecule has 8 bridgehead atoms. The highest BCUT2D eigenvalue weighted by molar-refractivity contribution is 5.94. The van der Waals surface area contributed by atoms with Gasteiger partial charge in [0.25, 0.3) is 0 Å². The van der Waals surface area contributed by atoms with Gasteiger partial charge in [0.05, 0.1) is 52.5 Å². The quantitative estimate of drug-likeness (QED) is 0.252. The molecule has 1 unspecified atom stereocenters. The molecule has 3 aromatic heterocycles. The third-order valence-electron chi connectivity index (χ3n) is 11.1. The molecule has 0 radical (unpaired) electrons. The van der Waals surface area contributed by atoms with Crippen LogP contribution in [0.1, 0.15) is 106 Å². The minimum absolute atomic E-state index is 0.434. The van der Waals surface area contributed by atoms with E-state index in [4.69, 9.17) is 9.97 Å². The van der Waals surface area contributed by atoms with Gasteiger partial charge in [-0.25, -0.2) is 4.98 Å². The molecule has 0 saturated heterocycles. The molecule has 8 heteroatoms. The number of nitrogens with one attached hydrogen (secondary N) is 2. The zero-order valence-corrected chi connectivity index (χ0v) is 30.0. The van der Waals surface area contributed by atoms with E-state index in [1.54, 1.807) is 6.08 Å². The summed E-state index contributed by atoms with van der Waals surface area (Å²) in [5.41, 5.74) is 8.70. The summed E-state index contributed by atoms with van der Waals surface area (Å²) >= 11 is 0. The lowest BCUT2D eigenvalue weighted by Gasteiger charge is -2.38. The second kappa shape index (κ2) is 12.6. The maximum absolute atomic E-state index is 10.9. The number of aromatic nitrogens is 4. The lowest BCUT2D eigenvalue weighted by Crippen LogP contribution is -2.48. The summed E-state index contributed by atoms with van der Waals surface area (Å²) in [6.45, 7) is 14.8. The molecule has 250 valence electrons. The summed E-state index contributed by atoms with van der Waals surface area (Å²) in [6, 6.07) is 16.8. The normalized spacial score (nSPS) is 19.4. The Hall–Kier alpha value is -5.70. The van der Waals surface area contributed by atoms with E-state index in [9.17, 15) is 21.0 Å². The van der Waals surface area contributed by atoms with Crippen LogP contribution in [-0.2, 0) is 31.1 Å². The number of nitriles is 4. The second-order valence-corrected chi connectivity index (χ2v) is 13.1. The predicted octanol–water partition coefficient (Wildman–Crippen LogP) is 9.27. The van der Waals surface area contributed by atoms with Crippen LogP contribution in [0.5, 0.6) is 0 Å². The topological polar surface area (TPSA) is 153 Å². The Kier molecular flexibility index (Phi) is 8.64. The van der Waals surface area contributed by atoms with Crippen molar-refractivity contribution in [1.82, 2.24) is 19.9 Å². The van der Waals surface area contributed by atoms with Crippen LogP contribution in [0, 0.1) is 56.2 Å². The van der Waals surface area contributed by atoms with Gasteiger partial charge >= 0.3 is 0 Å². The van der Waals surface area contributed by atoms with Crippen LogP contribution in [0.25, 0.3) is 38.8 Å². The Morgan fingerprint density at radius 3 is 1.40 bits per heavy atom. The van der Waals surface area contributed by atoms with Gasteiger partial charge in [0.2, 0.25) is 0 Å². The standard InChI is InChI=1S/C42H42N8/c1-8-25-26(9-2)33-18-35-29(12-5)30(13-6)37(49-35)20-39-42(16-15-40(21-43,22-44)41(42,23-45)24-46)31(14-7)38(50-39)19-36-28(11-4)27(10-3)34(48-36)17-32(25)47-33/h14-20,48-49H,8-13H2,1-7H3/b31-14-,32-17?,33-18?,34-17?,35-18?,36-19?,37-20?,38-19?,39-20?. The first-order valence-electron chi connectivity index (χ1n) is 17.7. The number of fused-ring (bicyclic) bond motifs is 9. The fourth-order valence-electron chi connectivity index (χ4n) is 8.77. The molecule has 1 aliphatic carbocycles. The van der Waals surface area contributed by atoms with Gasteiger partial charge in [0.15, 0.2) is 10.8 Å². The highest BCUT2D eigenvalue weighted by Gasteiger charge is 2.72. The molecule has 0 fully saturated rings. The van der Waals surface area contributed by atoms with Crippen LogP contribution in [0.2, 0.25) is 0 Å². The Bertz CT molecular complexity index is 2340. The van der Waals surface area contributed by atoms with Crippen LogP contribution in [0.4, 0.5) is 0 Å². The number of aromatic amines is 2. The summed E-state index contributed by atoms with van der Waals surface area (Å²) in [6.07, 6.45) is 9.82. The van der Waals surface area contributed by atoms with Crippen LogP contribution >= 0.6 is 0 Å². The minimum atomic E-state index is -2.11. The molecule has 5 heterocycles. The van der Waals surface area contributed by atoms with Crippen molar-refractivity contribution < 1.29 is 0 Å². The lowest BCUT2D eigenvalue weighted by molar-refractivity contribution is 0.311. The Morgan fingerprint density at radius 1 is 0.580 bits per heavy atom. The monoisotopic (exact) mass is 658 g/mol. The van der Waals surface area contributed by atoms with Crippen molar-refractivity contribution >= 4 is 38.8 Å². The first-order chi connectivity index (χ1) is 24.2. The van der Waals surface area contributed by atoms with Gasteiger partial charge < -0.3 is 9.97 Å². The molecule has 6 rings (SSSR count). The average Bonchev–Trinajstić information content (AvgIpc) is 3.90. The molecule has 3 aliphatic rings. The molecule has 0 aromatic carbocycles. The predicted molar refractivity (Wildman–Crippen MR) is 198 cm³/mol. The van der Waals surface area contributed by atoms with Gasteiger partial charge in [0.1, 0.15) is 0 Å². The Labute approximate surface area is 294 Å². The van der Waals surface area contributed by atoms with E-state index in [2.05, 4.69) is 87.9 Å².